The number of nitrogens with two attached hydrogens (primary N) is 3. The van der Waals surface area contributed by atoms with Gasteiger partial charge in [-0.25, -0.2) is 9.78 Å². The van der Waals surface area contributed by atoms with Crippen LogP contribution in [0.25, 0.3) is 11.1 Å². The second kappa shape index (κ2) is 41.1. The van der Waals surface area contributed by atoms with Crippen molar-refractivity contribution in [3.05, 3.63) is 114 Å². The minimum absolute atomic E-state index is 0.0121. The quantitative estimate of drug-likeness (QED) is 0.0103. The number of imidazole rings is 1. The Morgan fingerprint density at radius 3 is 1.66 bits per heavy atom. The number of hydrogen-bond donors (Lipinski definition) is 17. The molecular formula is C67H93N17O16S. The molecular weight excluding hydrogens is 1330 g/mol. The van der Waals surface area contributed by atoms with Crippen LogP contribution in [0, 0.1) is 11.8 Å². The van der Waals surface area contributed by atoms with Gasteiger partial charge >= 0.3 is 12.1 Å². The highest BCUT2D eigenvalue weighted by atomic mass is 32.2. The molecule has 1 aromatic heterocycles. The number of guanidine groups is 1. The van der Waals surface area contributed by atoms with Gasteiger partial charge < -0.3 is 95.6 Å². The van der Waals surface area contributed by atoms with Crippen molar-refractivity contribution in [2.75, 3.05) is 37.9 Å². The van der Waals surface area contributed by atoms with E-state index < -0.39 is 157 Å². The predicted molar refractivity (Wildman–Crippen MR) is 372 cm³/mol. The number of hydrogen-bond acceptors (Lipinski definition) is 18. The van der Waals surface area contributed by atoms with E-state index in [1.165, 1.54) is 26.4 Å². The Bertz CT molecular complexity index is 3490. The highest BCUT2D eigenvalue weighted by Gasteiger charge is 2.36. The normalized spacial score (nSPS) is 14.1. The molecule has 3 aromatic carbocycles. The smallest absolute Gasteiger partial charge is 0.407 e. The zero-order valence-electron chi connectivity index (χ0n) is 57.1. The molecule has 20 N–H and O–H groups in total. The fourth-order valence-electron chi connectivity index (χ4n) is 10.7. The molecule has 0 spiro atoms. The van der Waals surface area contributed by atoms with Gasteiger partial charge in [-0.3, -0.25) is 62.5 Å². The summed E-state index contributed by atoms with van der Waals surface area (Å²) in [5, 5.41) is 46.9. The summed E-state index contributed by atoms with van der Waals surface area (Å²) in [5.41, 5.74) is 21.2. The van der Waals surface area contributed by atoms with Crippen LogP contribution in [-0.4, -0.2) is 195 Å². The SMILES string of the molecule is CC(=O)NCSC[C@H](NC(=O)[C@H](C)NC(=O)[C@H](CC(C)C)NC(=O)[C@H](Cc1ccccc1)NC(=O)OCC1c2ccccc2-c2ccccc21)C(=O)N[C@@H](Cc1cnc[nH]1)C(=O)NCC(=O)N[C@@H](CC(C)C)C(=O)N[C@@H](CCCN=C(N)N)C(=O)N[C@@H](CCC(=O)O)C(=O)N[C@@H](CO)C(N)=O. The lowest BCUT2D eigenvalue weighted by Crippen LogP contribution is -2.60. The molecule has 12 amide bonds. The van der Waals surface area contributed by atoms with E-state index in [0.717, 1.165) is 34.0 Å². The highest BCUT2D eigenvalue weighted by molar-refractivity contribution is 7.99. The first-order valence-corrected chi connectivity index (χ1v) is 34.0. The number of fused-ring (bicyclic) bond motifs is 3. The van der Waals surface area contributed by atoms with Crippen LogP contribution in [0.2, 0.25) is 0 Å². The van der Waals surface area contributed by atoms with Crippen molar-refractivity contribution < 1.29 is 77.3 Å². The number of aliphatic hydroxyl groups excluding tert-OH is 1. The number of H-pyrrole nitrogens is 1. The van der Waals surface area contributed by atoms with E-state index in [-0.39, 0.29) is 87.0 Å². The highest BCUT2D eigenvalue weighted by Crippen LogP contribution is 2.44. The Morgan fingerprint density at radius 2 is 1.10 bits per heavy atom. The maximum Gasteiger partial charge on any atom is 0.407 e. The van der Waals surface area contributed by atoms with Crippen molar-refractivity contribution in [2.45, 2.75) is 153 Å². The second-order valence-electron chi connectivity index (χ2n) is 24.9. The molecule has 1 aliphatic carbocycles. The number of nitrogens with one attached hydrogen (secondary N) is 12. The molecule has 0 saturated carbocycles. The summed E-state index contributed by atoms with van der Waals surface area (Å²) in [6.45, 7) is 7.94. The molecule has 0 fully saturated rings. The fraction of sp³-hybridized carbons (Fsp3) is 0.478. The fourth-order valence-corrected chi connectivity index (χ4v) is 11.6. The maximum atomic E-state index is 14.4. The lowest BCUT2D eigenvalue weighted by molar-refractivity contribution is -0.138. The minimum Gasteiger partial charge on any atom is -0.481 e. The Hall–Kier alpha value is -10.6. The first kappa shape index (κ1) is 81.0. The number of aromatic nitrogens is 2. The van der Waals surface area contributed by atoms with Crippen molar-refractivity contribution in [3.8, 4) is 11.1 Å². The average Bonchev–Trinajstić information content (AvgIpc) is 1.62. The third kappa shape index (κ3) is 27.5. The minimum atomic E-state index is -1.62. The van der Waals surface area contributed by atoms with Gasteiger partial charge in [-0.15, -0.1) is 11.8 Å². The first-order chi connectivity index (χ1) is 48.0. The molecule has 1 aliphatic rings. The number of carbonyl (C=O) groups excluding carboxylic acids is 12. The Balaban J connectivity index is 1.28. The molecule has 0 radical (unpaired) electrons. The van der Waals surface area contributed by atoms with E-state index in [1.807, 2.05) is 62.4 Å². The predicted octanol–water partition coefficient (Wildman–Crippen LogP) is -1.57. The number of aromatic amines is 1. The third-order valence-electron chi connectivity index (χ3n) is 15.8. The van der Waals surface area contributed by atoms with Gasteiger partial charge in [-0.05, 0) is 78.7 Å². The summed E-state index contributed by atoms with van der Waals surface area (Å²) < 4.78 is 5.81. The standard InChI is InChI=1S/C67H93N17O16S/c1-36(2)25-49(63(96)78-47(21-14-24-72-66(69)70)60(93)79-48(22-23-56(88)89)61(94)82-53(31-85)57(68)90)77-55(87)30-73-59(92)52(28-41-29-71-34-74-41)81-65(98)54(33-101-35-75-39(6)86)83-58(91)38(5)76-62(95)50(26-37(3)4)80-64(97)51(27-40-15-8-7-9-16-40)84-67(99)100-32-46-44-19-12-10-17-42(44)43-18-11-13-20-45(43)46/h7-13,15-20,29,34,36-38,46-54,85H,14,21-28,30-33,35H2,1-6H3,(H2,68,90)(H,71,74)(H,73,92)(H,75,86)(H,76,95)(H,77,87)(H,78,96)(H,79,93)(H,80,97)(H,81,98)(H,82,94)(H,83,91)(H,84,99)(H,88,89)(H4,69,70,72)/t38-,47-,48-,49-,50-,51-,52-,53-,54-/m0/s1. The lowest BCUT2D eigenvalue weighted by atomic mass is 9.98. The largest absolute Gasteiger partial charge is 0.481 e. The number of ether oxygens (including phenoxy) is 1. The lowest BCUT2D eigenvalue weighted by Gasteiger charge is -2.27. The number of alkyl carbamates (subject to hydrolysis) is 1. The molecule has 0 aliphatic heterocycles. The molecule has 1 heterocycles. The van der Waals surface area contributed by atoms with Crippen molar-refractivity contribution in [2.24, 2.45) is 34.0 Å². The van der Waals surface area contributed by atoms with Crippen molar-refractivity contribution in [1.29, 1.82) is 0 Å². The number of amides is 12. The number of carbonyl (C=O) groups is 13. The zero-order valence-corrected chi connectivity index (χ0v) is 57.9. The van der Waals surface area contributed by atoms with Gasteiger partial charge in [0.15, 0.2) is 5.96 Å². The van der Waals surface area contributed by atoms with Gasteiger partial charge in [0.05, 0.1) is 25.4 Å². The van der Waals surface area contributed by atoms with Crippen molar-refractivity contribution in [3.63, 3.8) is 0 Å². The Labute approximate surface area is 588 Å². The van der Waals surface area contributed by atoms with Gasteiger partial charge in [0, 0.05) is 56.3 Å². The molecule has 5 rings (SSSR count). The number of aliphatic hydroxyl groups is 1. The number of aliphatic imine (C=N–C) groups is 1. The van der Waals surface area contributed by atoms with Crippen LogP contribution >= 0.6 is 11.8 Å². The summed E-state index contributed by atoms with van der Waals surface area (Å²) in [7, 11) is 0. The van der Waals surface area contributed by atoms with Crippen LogP contribution in [0.3, 0.4) is 0 Å². The van der Waals surface area contributed by atoms with Crippen LogP contribution in [0.5, 0.6) is 0 Å². The molecule has 101 heavy (non-hydrogen) atoms. The molecule has 34 heteroatoms. The number of carboxylic acid groups (broad SMARTS) is 1. The molecule has 9 atom stereocenters. The summed E-state index contributed by atoms with van der Waals surface area (Å²) in [4.78, 5) is 186. The molecule has 0 unspecified atom stereocenters. The van der Waals surface area contributed by atoms with E-state index in [9.17, 15) is 72.5 Å². The van der Waals surface area contributed by atoms with Crippen LogP contribution in [0.15, 0.2) is 96.4 Å². The summed E-state index contributed by atoms with van der Waals surface area (Å²) in [6.07, 6.45) is 0.376. The third-order valence-corrected chi connectivity index (χ3v) is 16.7. The van der Waals surface area contributed by atoms with Crippen LogP contribution in [0.1, 0.15) is 108 Å². The molecule has 548 valence electrons. The van der Waals surface area contributed by atoms with Gasteiger partial charge in [0.1, 0.15) is 61.0 Å². The Morgan fingerprint density at radius 1 is 0.584 bits per heavy atom. The number of rotatable bonds is 42. The maximum absolute atomic E-state index is 14.4. The number of benzene rings is 3. The van der Waals surface area contributed by atoms with Crippen LogP contribution in [0.4, 0.5) is 4.79 Å². The van der Waals surface area contributed by atoms with E-state index in [4.69, 9.17) is 21.9 Å². The number of primary amides is 1. The van der Waals surface area contributed by atoms with Gasteiger partial charge in [0.2, 0.25) is 65.0 Å². The second-order valence-corrected chi connectivity index (χ2v) is 25.9. The first-order valence-electron chi connectivity index (χ1n) is 32.9. The monoisotopic (exact) mass is 1420 g/mol. The number of carboxylic acids is 1. The van der Waals surface area contributed by atoms with E-state index in [0.29, 0.717) is 11.3 Å². The average molecular weight is 1420 g/mol. The van der Waals surface area contributed by atoms with Gasteiger partial charge in [-0.2, -0.15) is 0 Å². The summed E-state index contributed by atoms with van der Waals surface area (Å²) in [5.74, 6) is -12.2. The van der Waals surface area contributed by atoms with E-state index >= 15 is 0 Å². The van der Waals surface area contributed by atoms with Crippen LogP contribution in [-0.2, 0) is 75.1 Å². The number of aliphatic carboxylic acids is 1. The zero-order chi connectivity index (χ0) is 74.3. The molecule has 0 saturated heterocycles. The number of thioether (sulfide) groups is 1. The topological polar surface area (TPSA) is 523 Å². The summed E-state index contributed by atoms with van der Waals surface area (Å²) >= 11 is 1.03. The van der Waals surface area contributed by atoms with Crippen molar-refractivity contribution >= 4 is 94.8 Å². The van der Waals surface area contributed by atoms with E-state index in [1.54, 1.807) is 44.2 Å². The van der Waals surface area contributed by atoms with E-state index in [2.05, 4.69) is 73.4 Å². The molecule has 0 bridgehead atoms. The van der Waals surface area contributed by atoms with Gasteiger partial charge in [0.25, 0.3) is 0 Å². The van der Waals surface area contributed by atoms with Crippen molar-refractivity contribution in [1.82, 2.24) is 68.5 Å². The summed E-state index contributed by atoms with van der Waals surface area (Å²) in [6, 6.07) is 11.7. The Kier molecular flexibility index (Phi) is 32.9. The molecule has 4 aromatic rings. The van der Waals surface area contributed by atoms with Gasteiger partial charge in [-0.1, -0.05) is 107 Å². The van der Waals surface area contributed by atoms with Crippen LogP contribution < -0.4 is 75.7 Å². The molecule has 33 nitrogen and oxygen atoms in total. The number of nitrogens with zero attached hydrogens (tertiary/aromatic N) is 2.